The molecule has 164 valence electrons. The molecule has 3 aromatic rings. The van der Waals surface area contributed by atoms with E-state index in [2.05, 4.69) is 15.4 Å². The molecule has 5 N–H and O–H groups in total. The van der Waals surface area contributed by atoms with Crippen molar-refractivity contribution in [1.82, 2.24) is 0 Å². The molecule has 0 aromatic heterocycles. The molecule has 0 fully saturated rings. The lowest BCUT2D eigenvalue weighted by molar-refractivity contribution is 0.101. The first-order chi connectivity index (χ1) is 15.1. The normalized spacial score (nSPS) is 10.8. The molecule has 0 aliphatic heterocycles. The molecule has 0 unspecified atom stereocenters. The summed E-state index contributed by atoms with van der Waals surface area (Å²) in [7, 11) is -3.86. The van der Waals surface area contributed by atoms with Gasteiger partial charge in [0.25, 0.3) is 15.9 Å². The number of carbonyl (C=O) groups is 3. The van der Waals surface area contributed by atoms with Gasteiger partial charge in [0.05, 0.1) is 4.90 Å². The quantitative estimate of drug-likeness (QED) is 0.405. The Morgan fingerprint density at radius 3 is 1.88 bits per heavy atom. The fourth-order valence-electron chi connectivity index (χ4n) is 2.79. The number of Topliss-reactive ketones (excluding diaryl/α,β-unsaturated/α-hetero) is 1. The standard InChI is InChI=1S/C22H20N4O5S/c1-14(27)15-7-11-20(12-8-15)32(30,31)26-17-9-5-16(6-10-17)21(28)24-18-3-2-4-19(13-18)25-22(23)29/h2-13,26H,1H3,(H,24,28)(H3,23,25,29). The van der Waals surface area contributed by atoms with E-state index in [0.29, 0.717) is 22.5 Å². The number of hydrogen-bond acceptors (Lipinski definition) is 5. The van der Waals surface area contributed by atoms with Crippen LogP contribution < -0.4 is 21.1 Å². The van der Waals surface area contributed by atoms with Crippen LogP contribution in [0.4, 0.5) is 21.9 Å². The van der Waals surface area contributed by atoms with E-state index >= 15 is 0 Å². The largest absolute Gasteiger partial charge is 0.351 e. The van der Waals surface area contributed by atoms with Crippen LogP contribution in [0, 0.1) is 0 Å². The summed E-state index contributed by atoms with van der Waals surface area (Å²) in [5, 5.41) is 5.10. The predicted octanol–water partition coefficient (Wildman–Crippen LogP) is 3.43. The number of ketones is 1. The molecule has 3 rings (SSSR count). The number of rotatable bonds is 7. The van der Waals surface area contributed by atoms with Gasteiger partial charge >= 0.3 is 6.03 Å². The van der Waals surface area contributed by atoms with Gasteiger partial charge in [-0.15, -0.1) is 0 Å². The van der Waals surface area contributed by atoms with Gasteiger partial charge in [-0.2, -0.15) is 0 Å². The number of hydrogen-bond donors (Lipinski definition) is 4. The van der Waals surface area contributed by atoms with E-state index in [-0.39, 0.29) is 16.4 Å². The second-order valence-electron chi connectivity index (χ2n) is 6.79. The molecule has 0 bridgehead atoms. The van der Waals surface area contributed by atoms with Gasteiger partial charge in [-0.05, 0) is 61.5 Å². The molecule has 0 aliphatic rings. The number of anilines is 3. The van der Waals surface area contributed by atoms with Crippen molar-refractivity contribution in [1.29, 1.82) is 0 Å². The Bertz CT molecular complexity index is 1270. The molecule has 0 atom stereocenters. The van der Waals surface area contributed by atoms with Crippen molar-refractivity contribution in [3.05, 3.63) is 83.9 Å². The fourth-order valence-corrected chi connectivity index (χ4v) is 3.85. The van der Waals surface area contributed by atoms with E-state index < -0.39 is 22.0 Å². The van der Waals surface area contributed by atoms with Crippen LogP contribution in [0.3, 0.4) is 0 Å². The van der Waals surface area contributed by atoms with Crippen molar-refractivity contribution in [2.24, 2.45) is 5.73 Å². The van der Waals surface area contributed by atoms with Gasteiger partial charge in [-0.1, -0.05) is 18.2 Å². The monoisotopic (exact) mass is 452 g/mol. The zero-order valence-electron chi connectivity index (χ0n) is 17.0. The maximum atomic E-state index is 12.5. The Morgan fingerprint density at radius 1 is 0.750 bits per heavy atom. The summed E-state index contributed by atoms with van der Waals surface area (Å²) in [4.78, 5) is 34.8. The summed E-state index contributed by atoms with van der Waals surface area (Å²) in [5.74, 6) is -0.581. The van der Waals surface area contributed by atoms with Crippen LogP contribution in [-0.4, -0.2) is 26.1 Å². The fraction of sp³-hybridized carbons (Fsp3) is 0.0455. The molecule has 0 aliphatic carbocycles. The van der Waals surface area contributed by atoms with Crippen LogP contribution >= 0.6 is 0 Å². The summed E-state index contributed by atoms with van der Waals surface area (Å²) in [5.41, 5.74) is 6.93. The lowest BCUT2D eigenvalue weighted by Crippen LogP contribution is -2.19. The number of amides is 3. The van der Waals surface area contributed by atoms with E-state index in [1.807, 2.05) is 0 Å². The molecular formula is C22H20N4O5S. The van der Waals surface area contributed by atoms with Crippen LogP contribution in [0.15, 0.2) is 77.7 Å². The number of carbonyl (C=O) groups excluding carboxylic acids is 3. The van der Waals surface area contributed by atoms with E-state index in [1.165, 1.54) is 55.5 Å². The number of urea groups is 1. The average molecular weight is 452 g/mol. The third-order valence-electron chi connectivity index (χ3n) is 4.36. The topological polar surface area (TPSA) is 147 Å². The van der Waals surface area contributed by atoms with Gasteiger partial charge in [0.2, 0.25) is 0 Å². The highest BCUT2D eigenvalue weighted by Crippen LogP contribution is 2.19. The molecule has 0 radical (unpaired) electrons. The van der Waals surface area contributed by atoms with Gasteiger partial charge < -0.3 is 16.4 Å². The van der Waals surface area contributed by atoms with Crippen molar-refractivity contribution in [3.8, 4) is 0 Å². The highest BCUT2D eigenvalue weighted by molar-refractivity contribution is 7.92. The van der Waals surface area contributed by atoms with Crippen LogP contribution in [0.1, 0.15) is 27.6 Å². The molecule has 9 nitrogen and oxygen atoms in total. The highest BCUT2D eigenvalue weighted by Gasteiger charge is 2.15. The highest BCUT2D eigenvalue weighted by atomic mass is 32.2. The molecule has 32 heavy (non-hydrogen) atoms. The summed E-state index contributed by atoms with van der Waals surface area (Å²) in [6, 6.07) is 17.2. The predicted molar refractivity (Wildman–Crippen MR) is 121 cm³/mol. The zero-order chi connectivity index (χ0) is 23.3. The first-order valence-electron chi connectivity index (χ1n) is 9.36. The maximum absolute atomic E-state index is 12.5. The third-order valence-corrected chi connectivity index (χ3v) is 5.76. The Hall–Kier alpha value is -4.18. The van der Waals surface area contributed by atoms with Crippen molar-refractivity contribution >= 4 is 44.8 Å². The minimum absolute atomic E-state index is 0.00812. The first-order valence-corrected chi connectivity index (χ1v) is 10.8. The smallest absolute Gasteiger partial charge is 0.316 e. The summed E-state index contributed by atoms with van der Waals surface area (Å²) in [6.07, 6.45) is 0. The van der Waals surface area contributed by atoms with Gasteiger partial charge in [-0.25, -0.2) is 13.2 Å². The second-order valence-corrected chi connectivity index (χ2v) is 8.47. The lowest BCUT2D eigenvalue weighted by Gasteiger charge is -2.10. The Balaban J connectivity index is 1.68. The second kappa shape index (κ2) is 9.31. The van der Waals surface area contributed by atoms with Gasteiger partial charge in [0.15, 0.2) is 5.78 Å². The van der Waals surface area contributed by atoms with E-state index in [4.69, 9.17) is 5.73 Å². The van der Waals surface area contributed by atoms with Crippen LogP contribution in [0.2, 0.25) is 0 Å². The molecule has 10 heteroatoms. The average Bonchev–Trinajstić information content (AvgIpc) is 2.74. The Kier molecular flexibility index (Phi) is 6.55. The molecule has 3 aromatic carbocycles. The number of nitrogens with one attached hydrogen (secondary N) is 3. The third kappa shape index (κ3) is 5.70. The number of sulfonamides is 1. The van der Waals surface area contributed by atoms with Crippen molar-refractivity contribution in [3.63, 3.8) is 0 Å². The van der Waals surface area contributed by atoms with Crippen molar-refractivity contribution < 1.29 is 22.8 Å². The maximum Gasteiger partial charge on any atom is 0.316 e. The van der Waals surface area contributed by atoms with Crippen LogP contribution in [-0.2, 0) is 10.0 Å². The van der Waals surface area contributed by atoms with Crippen LogP contribution in [0.5, 0.6) is 0 Å². The van der Waals surface area contributed by atoms with E-state index in [9.17, 15) is 22.8 Å². The Morgan fingerprint density at radius 2 is 1.31 bits per heavy atom. The minimum atomic E-state index is -3.86. The first kappa shape index (κ1) is 22.5. The summed E-state index contributed by atoms with van der Waals surface area (Å²) in [6.45, 7) is 1.40. The van der Waals surface area contributed by atoms with Crippen molar-refractivity contribution in [2.75, 3.05) is 15.4 Å². The molecule has 0 heterocycles. The number of nitrogens with two attached hydrogens (primary N) is 1. The number of primary amides is 1. The summed E-state index contributed by atoms with van der Waals surface area (Å²) >= 11 is 0. The Labute approximate surface area is 184 Å². The van der Waals surface area contributed by atoms with Gasteiger partial charge in [0.1, 0.15) is 0 Å². The number of benzene rings is 3. The van der Waals surface area contributed by atoms with E-state index in [1.54, 1.807) is 24.3 Å². The molecule has 0 spiro atoms. The SMILES string of the molecule is CC(=O)c1ccc(S(=O)(=O)Nc2ccc(C(=O)Nc3cccc(NC(N)=O)c3)cc2)cc1. The van der Waals surface area contributed by atoms with Crippen molar-refractivity contribution in [2.45, 2.75) is 11.8 Å². The van der Waals surface area contributed by atoms with E-state index in [0.717, 1.165) is 0 Å². The minimum Gasteiger partial charge on any atom is -0.351 e. The summed E-state index contributed by atoms with van der Waals surface area (Å²) < 4.78 is 27.5. The van der Waals surface area contributed by atoms with Gasteiger partial charge in [0, 0.05) is 28.2 Å². The molecule has 3 amide bonds. The molecule has 0 saturated carbocycles. The molecular weight excluding hydrogens is 432 g/mol. The lowest BCUT2D eigenvalue weighted by atomic mass is 10.2. The van der Waals surface area contributed by atoms with Gasteiger partial charge in [-0.3, -0.25) is 14.3 Å². The molecule has 0 saturated heterocycles. The zero-order valence-corrected chi connectivity index (χ0v) is 17.8. The van der Waals surface area contributed by atoms with Crippen LogP contribution in [0.25, 0.3) is 0 Å².